The average Bonchev–Trinajstić information content (AvgIpc) is 3.35. The first-order chi connectivity index (χ1) is 35.0. The number of esters is 4. The van der Waals surface area contributed by atoms with Crippen molar-refractivity contribution in [1.82, 2.24) is 0 Å². The standard InChI is InChI=1S/C54H104O17P2/c1-6-9-12-15-17-19-20-21-23-30-35-40-54(59)71-50(44-65-52(57)38-33-28-25-24-27-31-36-47(4)5)46-69-73(62,63)67-42-48(55)41-66-72(60,61)68-45-49(43-64-51(56)37-32-26-14-11-8-3)70-53(58)39-34-29-22-18-16-13-10-7-2/h47-50,55H,6-46H2,1-5H3,(H,60,61)(H,62,63)/t48-,49+,50+/m0/s1. The van der Waals surface area contributed by atoms with Crippen molar-refractivity contribution in [1.29, 1.82) is 0 Å². The Balaban J connectivity index is 5.18. The van der Waals surface area contributed by atoms with Crippen molar-refractivity contribution in [3.8, 4) is 0 Å². The Labute approximate surface area is 441 Å². The van der Waals surface area contributed by atoms with E-state index in [-0.39, 0.29) is 25.7 Å². The largest absolute Gasteiger partial charge is 0.472 e. The molecule has 73 heavy (non-hydrogen) atoms. The lowest BCUT2D eigenvalue weighted by atomic mass is 10.0. The molecule has 0 aromatic heterocycles. The van der Waals surface area contributed by atoms with Gasteiger partial charge in [-0.3, -0.25) is 37.3 Å². The highest BCUT2D eigenvalue weighted by molar-refractivity contribution is 7.47. The predicted octanol–water partition coefficient (Wildman–Crippen LogP) is 13.9. The lowest BCUT2D eigenvalue weighted by Gasteiger charge is -2.21. The van der Waals surface area contributed by atoms with Gasteiger partial charge in [0.15, 0.2) is 12.2 Å². The minimum atomic E-state index is -4.93. The van der Waals surface area contributed by atoms with E-state index in [2.05, 4.69) is 34.6 Å². The van der Waals surface area contributed by atoms with Crippen LogP contribution in [0.2, 0.25) is 0 Å². The molecule has 0 bridgehead atoms. The van der Waals surface area contributed by atoms with Crippen LogP contribution in [0.25, 0.3) is 0 Å². The lowest BCUT2D eigenvalue weighted by Crippen LogP contribution is -2.30. The number of phosphoric acid groups is 2. The van der Waals surface area contributed by atoms with Crippen LogP contribution in [-0.2, 0) is 65.4 Å². The van der Waals surface area contributed by atoms with Crippen LogP contribution >= 0.6 is 15.6 Å². The van der Waals surface area contributed by atoms with Gasteiger partial charge in [0.2, 0.25) is 0 Å². The molecule has 0 aliphatic carbocycles. The Hall–Kier alpha value is -1.94. The molecule has 0 aromatic rings. The van der Waals surface area contributed by atoms with E-state index in [1.807, 2.05) is 0 Å². The molecule has 0 amide bonds. The summed E-state index contributed by atoms with van der Waals surface area (Å²) in [6, 6.07) is 0. The van der Waals surface area contributed by atoms with Crippen molar-refractivity contribution in [3.05, 3.63) is 0 Å². The Morgan fingerprint density at radius 2 is 0.630 bits per heavy atom. The Bertz CT molecular complexity index is 1450. The predicted molar refractivity (Wildman–Crippen MR) is 285 cm³/mol. The topological polar surface area (TPSA) is 237 Å². The summed E-state index contributed by atoms with van der Waals surface area (Å²) in [5, 5.41) is 10.4. The van der Waals surface area contributed by atoms with Crippen LogP contribution in [0.1, 0.15) is 259 Å². The summed E-state index contributed by atoms with van der Waals surface area (Å²) in [5.41, 5.74) is 0. The minimum Gasteiger partial charge on any atom is -0.462 e. The van der Waals surface area contributed by atoms with Crippen LogP contribution < -0.4 is 0 Å². The molecule has 0 spiro atoms. The van der Waals surface area contributed by atoms with Gasteiger partial charge in [-0.2, -0.15) is 0 Å². The summed E-state index contributed by atoms with van der Waals surface area (Å²) < 4.78 is 67.3. The molecule has 0 saturated carbocycles. The van der Waals surface area contributed by atoms with E-state index in [1.54, 1.807) is 0 Å². The lowest BCUT2D eigenvalue weighted by molar-refractivity contribution is -0.161. The summed E-state index contributed by atoms with van der Waals surface area (Å²) in [6.45, 7) is 6.91. The van der Waals surface area contributed by atoms with Crippen LogP contribution in [0.4, 0.5) is 0 Å². The van der Waals surface area contributed by atoms with Gasteiger partial charge in [-0.05, 0) is 31.6 Å². The fourth-order valence-electron chi connectivity index (χ4n) is 7.81. The van der Waals surface area contributed by atoms with Gasteiger partial charge in [0, 0.05) is 25.7 Å². The molecule has 0 aliphatic rings. The summed E-state index contributed by atoms with van der Waals surface area (Å²) >= 11 is 0. The molecular formula is C54H104O17P2. The molecule has 0 aromatic carbocycles. The molecule has 0 radical (unpaired) electrons. The van der Waals surface area contributed by atoms with Gasteiger partial charge < -0.3 is 33.8 Å². The fourth-order valence-corrected chi connectivity index (χ4v) is 9.39. The van der Waals surface area contributed by atoms with Crippen molar-refractivity contribution < 1.29 is 80.2 Å². The number of hydrogen-bond donors (Lipinski definition) is 3. The highest BCUT2D eigenvalue weighted by atomic mass is 31.2. The molecule has 0 saturated heterocycles. The molecule has 0 aliphatic heterocycles. The minimum absolute atomic E-state index is 0.104. The smallest absolute Gasteiger partial charge is 0.462 e. The zero-order valence-corrected chi connectivity index (χ0v) is 48.0. The van der Waals surface area contributed by atoms with Gasteiger partial charge in [-0.15, -0.1) is 0 Å². The van der Waals surface area contributed by atoms with Crippen LogP contribution in [0, 0.1) is 5.92 Å². The molecule has 0 fully saturated rings. The number of carbonyl (C=O) groups excluding carboxylic acids is 4. The Kier molecular flexibility index (Phi) is 47.1. The van der Waals surface area contributed by atoms with Crippen molar-refractivity contribution in [2.24, 2.45) is 5.92 Å². The number of ether oxygens (including phenoxy) is 4. The molecule has 19 heteroatoms. The third-order valence-electron chi connectivity index (χ3n) is 12.3. The number of hydrogen-bond acceptors (Lipinski definition) is 15. The summed E-state index contributed by atoms with van der Waals surface area (Å²) in [7, 11) is -9.85. The van der Waals surface area contributed by atoms with Gasteiger partial charge in [0.1, 0.15) is 19.3 Å². The third kappa shape index (κ3) is 49.4. The second-order valence-corrected chi connectivity index (χ2v) is 23.0. The maximum atomic E-state index is 12.9. The van der Waals surface area contributed by atoms with E-state index in [4.69, 9.17) is 37.0 Å². The van der Waals surface area contributed by atoms with E-state index in [0.29, 0.717) is 31.6 Å². The van der Waals surface area contributed by atoms with E-state index < -0.39 is 97.5 Å². The van der Waals surface area contributed by atoms with E-state index in [0.717, 1.165) is 109 Å². The summed E-state index contributed by atoms with van der Waals surface area (Å²) in [5.74, 6) is -1.48. The van der Waals surface area contributed by atoms with Crippen LogP contribution in [0.3, 0.4) is 0 Å². The molecular weight excluding hydrogens is 983 g/mol. The van der Waals surface area contributed by atoms with Gasteiger partial charge in [-0.1, -0.05) is 208 Å². The van der Waals surface area contributed by atoms with E-state index >= 15 is 0 Å². The number of aliphatic hydroxyl groups is 1. The molecule has 3 N–H and O–H groups in total. The number of unbranched alkanes of at least 4 members (excludes halogenated alkanes) is 26. The van der Waals surface area contributed by atoms with Crippen molar-refractivity contribution >= 4 is 39.5 Å². The zero-order chi connectivity index (χ0) is 54.3. The van der Waals surface area contributed by atoms with Crippen molar-refractivity contribution in [3.63, 3.8) is 0 Å². The second-order valence-electron chi connectivity index (χ2n) is 20.1. The molecule has 0 rings (SSSR count). The zero-order valence-electron chi connectivity index (χ0n) is 46.3. The number of aliphatic hydroxyl groups excluding tert-OH is 1. The molecule has 0 heterocycles. The van der Waals surface area contributed by atoms with Gasteiger partial charge in [0.05, 0.1) is 26.4 Å². The number of phosphoric ester groups is 2. The van der Waals surface area contributed by atoms with Crippen molar-refractivity contribution in [2.45, 2.75) is 278 Å². The fraction of sp³-hybridized carbons (Fsp3) is 0.926. The maximum Gasteiger partial charge on any atom is 0.472 e. The Morgan fingerprint density at radius 3 is 0.932 bits per heavy atom. The SMILES string of the molecule is CCCCCCCCCCCCCC(=O)O[C@H](COC(=O)CCCCCCCCC(C)C)COP(=O)(O)OC[C@@H](O)COP(=O)(O)OC[C@@H](COC(=O)CCCCCCC)OC(=O)CCCCCCCCCC. The first-order valence-electron chi connectivity index (χ1n) is 28.6. The quantitative estimate of drug-likeness (QED) is 0.0222. The third-order valence-corrected chi connectivity index (χ3v) is 14.2. The van der Waals surface area contributed by atoms with Crippen LogP contribution in [-0.4, -0.2) is 96.7 Å². The molecule has 2 unspecified atom stereocenters. The number of carbonyl (C=O) groups is 4. The normalized spacial score (nSPS) is 14.5. The van der Waals surface area contributed by atoms with Crippen molar-refractivity contribution in [2.75, 3.05) is 39.6 Å². The van der Waals surface area contributed by atoms with E-state index in [9.17, 15) is 43.2 Å². The summed E-state index contributed by atoms with van der Waals surface area (Å²) in [6.07, 6.45) is 28.5. The summed E-state index contributed by atoms with van der Waals surface area (Å²) in [4.78, 5) is 71.3. The second kappa shape index (κ2) is 48.4. The average molecular weight is 1090 g/mol. The van der Waals surface area contributed by atoms with Crippen LogP contribution in [0.5, 0.6) is 0 Å². The first-order valence-corrected chi connectivity index (χ1v) is 31.6. The van der Waals surface area contributed by atoms with Gasteiger partial charge in [0.25, 0.3) is 0 Å². The van der Waals surface area contributed by atoms with Crippen LogP contribution in [0.15, 0.2) is 0 Å². The molecule has 432 valence electrons. The highest BCUT2D eigenvalue weighted by Crippen LogP contribution is 2.45. The van der Waals surface area contributed by atoms with Gasteiger partial charge in [-0.25, -0.2) is 9.13 Å². The maximum absolute atomic E-state index is 12.9. The molecule has 5 atom stereocenters. The highest BCUT2D eigenvalue weighted by Gasteiger charge is 2.30. The molecule has 17 nitrogen and oxygen atoms in total. The van der Waals surface area contributed by atoms with E-state index in [1.165, 1.54) is 64.2 Å². The monoisotopic (exact) mass is 1090 g/mol. The van der Waals surface area contributed by atoms with Gasteiger partial charge >= 0.3 is 39.5 Å². The first kappa shape index (κ1) is 71.1. The Morgan fingerprint density at radius 1 is 0.370 bits per heavy atom. The number of rotatable bonds is 54.